The maximum absolute atomic E-state index is 9.36. The first-order chi connectivity index (χ1) is 54.9. The lowest BCUT2D eigenvalue weighted by molar-refractivity contribution is -0.661. The van der Waals surface area contributed by atoms with Gasteiger partial charge in [-0.05, 0) is 278 Å². The molecule has 0 aliphatic heterocycles. The van der Waals surface area contributed by atoms with Crippen molar-refractivity contribution in [1.29, 1.82) is 0 Å². The van der Waals surface area contributed by atoms with E-state index in [4.69, 9.17) is 8.22 Å². The number of aromatic nitrogens is 5. The molecule has 3 unspecified atom stereocenters. The molecule has 10 aromatic rings. The lowest BCUT2D eigenvalue weighted by Gasteiger charge is -2.42. The van der Waals surface area contributed by atoms with Crippen LogP contribution in [0.3, 0.4) is 0 Å². The summed E-state index contributed by atoms with van der Waals surface area (Å²) in [6, 6.07) is 46.8. The van der Waals surface area contributed by atoms with Gasteiger partial charge in [-0.25, -0.2) is 22.8 Å². The third-order valence-corrected chi connectivity index (χ3v) is 27.7. The maximum atomic E-state index is 9.36. The molecule has 6 aliphatic rings. The Morgan fingerprint density at radius 3 is 1.22 bits per heavy atom. The second-order valence-electron chi connectivity index (χ2n) is 39.7. The van der Waals surface area contributed by atoms with Crippen LogP contribution in [0.25, 0.3) is 56.3 Å². The fourth-order valence-corrected chi connectivity index (χ4v) is 19.7. The van der Waals surface area contributed by atoms with E-state index in [0.717, 1.165) is 44.8 Å². The summed E-state index contributed by atoms with van der Waals surface area (Å²) in [6.45, 7) is 48.2. The van der Waals surface area contributed by atoms with Crippen LogP contribution in [0.1, 0.15) is 311 Å². The minimum atomic E-state index is -2.13. The Labute approximate surface area is 684 Å². The third-order valence-electron chi connectivity index (χ3n) is 27.7. The van der Waals surface area contributed by atoms with Crippen molar-refractivity contribution >= 4 is 0 Å². The van der Waals surface area contributed by atoms with Crippen molar-refractivity contribution in [2.24, 2.45) is 40.7 Å². The standard InChI is InChI=1S/C22H30N.C21H26N.3C21H28N/c1-15-8-9-17(16(2)12-15)20-13-18-19(14-23(20)7)22(5,6)11-10-21(18,3)4;1-13-6-7-15(14(2)12-13)20-19-16(10-11-22(20)5)17-8-9-18(19)21(17,3)4;1-14-7-8-17(16(3)11-14)20-12-18-15(2)9-10-21(4,5)19(18)13-22(20)6;1-15-13-17-18(21(4,5)11-10-20(17,2)3)14-16(15)19-9-7-8-12-22(19)6;1-15-9-7-8-10-16(15)19-13-17-18(14-22(19)6)21(4,5)12-11-20(17,2)3/h8-9,12-14H,10-11H2,1-7H3;6-7,10-12,17-18H,8-9H2,1-5H3;7-8,11-13,15H,9-10H2,1-6H3;7-9,12-14H,10-11H2,1-6H3;7-10,13-14H,11-12H2,1-6H3/q5*+1/i1D3;1D3,17D,18D;;;. The average Bonchev–Trinajstić information content (AvgIpc) is 1.49. The monoisotopic (exact) mass is 1490 g/mol. The predicted octanol–water partition coefficient (Wildman–Crippen LogP) is 24.6. The van der Waals surface area contributed by atoms with Gasteiger partial charge in [-0.15, -0.1) is 0 Å². The Balaban J connectivity index is 0.000000137. The summed E-state index contributed by atoms with van der Waals surface area (Å²) in [5, 5.41) is 0. The van der Waals surface area contributed by atoms with Gasteiger partial charge < -0.3 is 0 Å². The second kappa shape index (κ2) is 30.3. The highest BCUT2D eigenvalue weighted by Crippen LogP contribution is 2.65. The first kappa shape index (κ1) is 71.9. The summed E-state index contributed by atoms with van der Waals surface area (Å²) in [5.41, 5.74) is 35.4. The number of fused-ring (bicyclic) bond motifs is 9. The third kappa shape index (κ3) is 16.0. The van der Waals surface area contributed by atoms with Crippen LogP contribution < -0.4 is 22.8 Å². The van der Waals surface area contributed by atoms with Gasteiger partial charge in [0.25, 0.3) is 0 Å². The normalized spacial score (nSPS) is 22.7. The molecule has 0 N–H and O–H groups in total. The molecule has 1 fully saturated rings. The Morgan fingerprint density at radius 2 is 0.721 bits per heavy atom. The number of hydrogen-bond acceptors (Lipinski definition) is 0. The molecule has 584 valence electrons. The van der Waals surface area contributed by atoms with Gasteiger partial charge in [0.2, 0.25) is 28.5 Å². The van der Waals surface area contributed by atoms with Crippen LogP contribution in [0.15, 0.2) is 164 Å². The first-order valence-corrected chi connectivity index (χ1v) is 41.6. The van der Waals surface area contributed by atoms with Gasteiger partial charge >= 0.3 is 0 Å². The van der Waals surface area contributed by atoms with Gasteiger partial charge in [-0.3, -0.25) is 0 Å². The summed E-state index contributed by atoms with van der Waals surface area (Å²) in [7, 11) is 10.5. The number of benzene rings is 5. The lowest BCUT2D eigenvalue weighted by Crippen LogP contribution is -2.40. The van der Waals surface area contributed by atoms with Gasteiger partial charge in [0.15, 0.2) is 31.0 Å². The zero-order chi connectivity index (χ0) is 87.8. The minimum Gasteiger partial charge on any atom is -0.201 e. The highest BCUT2D eigenvalue weighted by Gasteiger charge is 2.54. The van der Waals surface area contributed by atoms with Crippen molar-refractivity contribution in [2.45, 2.75) is 293 Å². The molecule has 0 radical (unpaired) electrons. The zero-order valence-corrected chi connectivity index (χ0v) is 73.5. The summed E-state index contributed by atoms with van der Waals surface area (Å²) in [6.07, 6.45) is 22.5. The molecule has 0 spiro atoms. The van der Waals surface area contributed by atoms with E-state index < -0.39 is 30.9 Å². The molecule has 5 nitrogen and oxygen atoms in total. The summed E-state index contributed by atoms with van der Waals surface area (Å²) in [4.78, 5) is 0. The molecule has 5 heterocycles. The molecule has 5 aromatic carbocycles. The van der Waals surface area contributed by atoms with Crippen LogP contribution in [-0.4, -0.2) is 0 Å². The highest BCUT2D eigenvalue weighted by atomic mass is 15.0. The molecule has 1 saturated carbocycles. The van der Waals surface area contributed by atoms with Gasteiger partial charge in [-0.2, -0.15) is 0 Å². The van der Waals surface area contributed by atoms with Gasteiger partial charge in [0.1, 0.15) is 35.2 Å². The van der Waals surface area contributed by atoms with Crippen LogP contribution in [0, 0.1) is 60.7 Å². The van der Waals surface area contributed by atoms with Gasteiger partial charge in [0.05, 0.1) is 0 Å². The number of hydrogen-bond donors (Lipinski definition) is 0. The molecule has 6 aliphatic carbocycles. The number of rotatable bonds is 5. The van der Waals surface area contributed by atoms with Gasteiger partial charge in [0, 0.05) is 97.4 Å². The molecule has 5 aromatic heterocycles. The molecule has 2 bridgehead atoms. The largest absolute Gasteiger partial charge is 0.216 e. The molecular formula is C106H140N5+5. The quantitative estimate of drug-likeness (QED) is 0.153. The first-order valence-electron chi connectivity index (χ1n) is 45.6. The molecular weight excluding hydrogens is 1340 g/mol. The zero-order valence-electron chi connectivity index (χ0n) is 81.5. The average molecular weight is 1490 g/mol. The molecule has 16 rings (SSSR count). The van der Waals surface area contributed by atoms with E-state index in [1.165, 1.54) is 141 Å². The van der Waals surface area contributed by atoms with E-state index in [1.807, 2.05) is 63.7 Å². The van der Waals surface area contributed by atoms with Crippen LogP contribution in [0.5, 0.6) is 0 Å². The van der Waals surface area contributed by atoms with Crippen LogP contribution >= 0.6 is 0 Å². The second-order valence-corrected chi connectivity index (χ2v) is 39.7. The minimum absolute atomic E-state index is 0.153. The fraction of sp³-hybridized carbons (Fsp3) is 0.481. The molecule has 0 saturated heterocycles. The Bertz CT molecular complexity index is 5460. The van der Waals surface area contributed by atoms with Crippen molar-refractivity contribution < 1.29 is 33.8 Å². The summed E-state index contributed by atoms with van der Waals surface area (Å²) in [5.74, 6) is -0.901. The topological polar surface area (TPSA) is 19.4 Å². The Morgan fingerprint density at radius 1 is 0.315 bits per heavy atom. The van der Waals surface area contributed by atoms with E-state index in [-0.39, 0.29) is 32.5 Å². The van der Waals surface area contributed by atoms with E-state index in [2.05, 4.69) is 294 Å². The maximum Gasteiger partial charge on any atom is 0.216 e. The molecule has 5 heteroatoms. The van der Waals surface area contributed by atoms with E-state index in [1.54, 1.807) is 35.4 Å². The smallest absolute Gasteiger partial charge is 0.201 e. The van der Waals surface area contributed by atoms with Crippen LogP contribution in [0.2, 0.25) is 0 Å². The van der Waals surface area contributed by atoms with Crippen molar-refractivity contribution in [3.05, 3.63) is 265 Å². The summed E-state index contributed by atoms with van der Waals surface area (Å²) < 4.78 is 75.5. The van der Waals surface area contributed by atoms with Crippen molar-refractivity contribution in [2.75, 3.05) is 0 Å². The Hall–Kier alpha value is -8.15. The van der Waals surface area contributed by atoms with E-state index >= 15 is 0 Å². The van der Waals surface area contributed by atoms with Crippen LogP contribution in [0.4, 0.5) is 0 Å². The fourth-order valence-electron chi connectivity index (χ4n) is 19.7. The SMILES string of the molecule is Cc1cc2c(cc1-c1cccc[n+]1C)C(C)(C)CCC2(C)C.Cc1ccc(-c2cc3c(c[n+]2C)C(C)(C)CCC3C)c(C)c1.Cc1ccccc1-c1cc2c(c[n+]1C)C(C)(C)CCC2(C)C.[2H]C([2H])([2H])c1ccc(-c2c3c(cc[n+]2C)C2([2H])CCC3([2H])C2(C)C)c(C)c1.[2H]C([2H])([2H])c1ccc(-c2cc3c(c[n+]2C)C(C)(C)CCC3(C)C)c(C)c1. The van der Waals surface area contributed by atoms with Crippen molar-refractivity contribution in [3.63, 3.8) is 0 Å². The van der Waals surface area contributed by atoms with Gasteiger partial charge in [-0.1, -0.05) is 195 Å². The highest BCUT2D eigenvalue weighted by molar-refractivity contribution is 5.71. The van der Waals surface area contributed by atoms with Crippen LogP contribution in [-0.2, 0) is 73.1 Å². The number of pyridine rings is 5. The number of aryl methyl sites for hydroxylation is 13. The van der Waals surface area contributed by atoms with Crippen molar-refractivity contribution in [3.8, 4) is 56.3 Å². The molecule has 111 heavy (non-hydrogen) atoms. The van der Waals surface area contributed by atoms with E-state index in [0.29, 0.717) is 35.3 Å². The number of nitrogens with zero attached hydrogens (tertiary/aromatic N) is 5. The summed E-state index contributed by atoms with van der Waals surface area (Å²) >= 11 is 0. The molecule has 0 amide bonds. The Kier molecular flexibility index (Phi) is 19.6. The lowest BCUT2D eigenvalue weighted by atomic mass is 9.62. The molecule has 3 atom stereocenters. The van der Waals surface area contributed by atoms with E-state index in [9.17, 15) is 2.74 Å². The predicted molar refractivity (Wildman–Crippen MR) is 468 cm³/mol. The van der Waals surface area contributed by atoms with Crippen molar-refractivity contribution in [1.82, 2.24) is 0 Å².